The third-order valence-corrected chi connectivity index (χ3v) is 3.46. The minimum atomic E-state index is 0.511. The van der Waals surface area contributed by atoms with E-state index < -0.39 is 0 Å². The molecule has 82 valence electrons. The quantitative estimate of drug-likeness (QED) is 0.838. The molecule has 15 heavy (non-hydrogen) atoms. The van der Waals surface area contributed by atoms with Gasteiger partial charge in [0.1, 0.15) is 10.4 Å². The molecule has 0 bridgehead atoms. The lowest BCUT2D eigenvalue weighted by atomic mass is 9.92. The molecular weight excluding hydrogens is 256 g/mol. The van der Waals surface area contributed by atoms with Crippen LogP contribution in [-0.4, -0.2) is 25.2 Å². The van der Waals surface area contributed by atoms with Gasteiger partial charge in [-0.25, -0.2) is 4.98 Å². The van der Waals surface area contributed by atoms with Gasteiger partial charge in [0, 0.05) is 24.2 Å². The van der Waals surface area contributed by atoms with E-state index in [2.05, 4.69) is 26.2 Å². The third-order valence-electron chi connectivity index (χ3n) is 2.83. The number of ether oxygens (including phenoxy) is 1. The van der Waals surface area contributed by atoms with Crippen LogP contribution in [0, 0.1) is 0 Å². The first-order valence-electron chi connectivity index (χ1n) is 5.22. The van der Waals surface area contributed by atoms with Crippen molar-refractivity contribution in [2.45, 2.75) is 18.8 Å². The first kappa shape index (κ1) is 10.9. The fraction of sp³-hybridized carbons (Fsp3) is 0.545. The molecule has 1 aromatic heterocycles. The van der Waals surface area contributed by atoms with Crippen LogP contribution in [0.5, 0.6) is 5.75 Å². The normalized spacial score (nSPS) is 21.3. The van der Waals surface area contributed by atoms with Gasteiger partial charge in [-0.2, -0.15) is 0 Å². The van der Waals surface area contributed by atoms with Crippen LogP contribution in [0.15, 0.2) is 16.9 Å². The van der Waals surface area contributed by atoms with Crippen LogP contribution in [0.25, 0.3) is 0 Å². The summed E-state index contributed by atoms with van der Waals surface area (Å²) >= 11 is 3.50. The van der Waals surface area contributed by atoms with Crippen molar-refractivity contribution in [3.63, 3.8) is 0 Å². The van der Waals surface area contributed by atoms with Gasteiger partial charge in [0.25, 0.3) is 0 Å². The maximum atomic E-state index is 5.38. The average Bonchev–Trinajstić information content (AvgIpc) is 2.29. The second kappa shape index (κ2) is 4.94. The number of halogens is 1. The molecule has 1 aliphatic rings. The van der Waals surface area contributed by atoms with Gasteiger partial charge < -0.3 is 10.1 Å². The van der Waals surface area contributed by atoms with E-state index in [1.165, 1.54) is 18.4 Å². The Bertz CT molecular complexity index is 337. The maximum absolute atomic E-state index is 5.38. The van der Waals surface area contributed by atoms with E-state index in [9.17, 15) is 0 Å². The second-order valence-corrected chi connectivity index (χ2v) is 4.51. The number of hydrogen-bond acceptors (Lipinski definition) is 3. The number of pyridine rings is 1. The molecule has 1 aliphatic heterocycles. The van der Waals surface area contributed by atoms with Gasteiger partial charge in [-0.1, -0.05) is 0 Å². The van der Waals surface area contributed by atoms with Gasteiger partial charge >= 0.3 is 0 Å². The molecule has 3 nitrogen and oxygen atoms in total. The monoisotopic (exact) mass is 270 g/mol. The van der Waals surface area contributed by atoms with Crippen molar-refractivity contribution in [3.05, 3.63) is 22.4 Å². The lowest BCUT2D eigenvalue weighted by molar-refractivity contribution is 0.390. The number of nitrogens with zero attached hydrogens (tertiary/aromatic N) is 1. The van der Waals surface area contributed by atoms with Crippen molar-refractivity contribution in [2.75, 3.05) is 20.2 Å². The van der Waals surface area contributed by atoms with Crippen molar-refractivity contribution >= 4 is 15.9 Å². The predicted molar refractivity (Wildman–Crippen MR) is 63.3 cm³/mol. The van der Waals surface area contributed by atoms with Crippen LogP contribution >= 0.6 is 15.9 Å². The summed E-state index contributed by atoms with van der Waals surface area (Å²) in [6.07, 6.45) is 4.19. The Morgan fingerprint density at radius 3 is 3.13 bits per heavy atom. The first-order chi connectivity index (χ1) is 7.33. The molecule has 2 heterocycles. The molecule has 1 atom stereocenters. The van der Waals surface area contributed by atoms with Gasteiger partial charge in [-0.15, -0.1) is 0 Å². The summed E-state index contributed by atoms with van der Waals surface area (Å²) in [7, 11) is 1.71. The molecule has 0 spiro atoms. The van der Waals surface area contributed by atoms with Crippen molar-refractivity contribution < 1.29 is 4.74 Å². The Balaban J connectivity index is 2.31. The molecule has 2 rings (SSSR count). The van der Waals surface area contributed by atoms with E-state index in [1.54, 1.807) is 13.3 Å². The van der Waals surface area contributed by atoms with Gasteiger partial charge in [0.05, 0.1) is 7.11 Å². The highest BCUT2D eigenvalue weighted by Crippen LogP contribution is 2.35. The summed E-state index contributed by atoms with van der Waals surface area (Å²) in [6, 6.07) is 1.93. The molecule has 1 aromatic rings. The molecule has 1 unspecified atom stereocenters. The standard InChI is InChI=1S/C11H15BrN2O/c1-15-9-4-6-14-11(12)10(9)8-3-2-5-13-7-8/h4,6,8,13H,2-3,5,7H2,1H3. The van der Waals surface area contributed by atoms with Crippen molar-refractivity contribution in [2.24, 2.45) is 0 Å². The van der Waals surface area contributed by atoms with E-state index in [4.69, 9.17) is 4.74 Å². The van der Waals surface area contributed by atoms with Gasteiger partial charge in [0.15, 0.2) is 0 Å². The van der Waals surface area contributed by atoms with Gasteiger partial charge in [0.2, 0.25) is 0 Å². The highest BCUT2D eigenvalue weighted by molar-refractivity contribution is 9.10. The number of methoxy groups -OCH3 is 1. The number of nitrogens with one attached hydrogen (secondary N) is 1. The smallest absolute Gasteiger partial charge is 0.126 e. The minimum absolute atomic E-state index is 0.511. The summed E-state index contributed by atoms with van der Waals surface area (Å²) in [6.45, 7) is 2.14. The Morgan fingerprint density at radius 2 is 2.47 bits per heavy atom. The molecular formula is C11H15BrN2O. The Hall–Kier alpha value is -0.610. The van der Waals surface area contributed by atoms with E-state index in [1.807, 2.05) is 6.07 Å². The molecule has 0 amide bonds. The lowest BCUT2D eigenvalue weighted by Crippen LogP contribution is -2.28. The topological polar surface area (TPSA) is 34.1 Å². The van der Waals surface area contributed by atoms with Crippen LogP contribution < -0.4 is 10.1 Å². The fourth-order valence-electron chi connectivity index (χ4n) is 2.08. The van der Waals surface area contributed by atoms with Crippen LogP contribution in [-0.2, 0) is 0 Å². The van der Waals surface area contributed by atoms with Crippen LogP contribution in [0.2, 0.25) is 0 Å². The zero-order valence-electron chi connectivity index (χ0n) is 8.79. The van der Waals surface area contributed by atoms with Crippen molar-refractivity contribution in [1.29, 1.82) is 0 Å². The minimum Gasteiger partial charge on any atom is -0.496 e. The summed E-state index contributed by atoms with van der Waals surface area (Å²) in [5.74, 6) is 1.45. The summed E-state index contributed by atoms with van der Waals surface area (Å²) in [4.78, 5) is 4.27. The van der Waals surface area contributed by atoms with E-state index in [-0.39, 0.29) is 0 Å². The Morgan fingerprint density at radius 1 is 1.60 bits per heavy atom. The molecule has 0 aliphatic carbocycles. The van der Waals surface area contributed by atoms with E-state index >= 15 is 0 Å². The van der Waals surface area contributed by atoms with Gasteiger partial charge in [-0.05, 0) is 41.4 Å². The largest absolute Gasteiger partial charge is 0.496 e. The zero-order chi connectivity index (χ0) is 10.7. The SMILES string of the molecule is COc1ccnc(Br)c1C1CCCNC1. The molecule has 1 saturated heterocycles. The molecule has 0 aromatic carbocycles. The maximum Gasteiger partial charge on any atom is 0.126 e. The zero-order valence-corrected chi connectivity index (χ0v) is 10.4. The number of piperidine rings is 1. The summed E-state index contributed by atoms with van der Waals surface area (Å²) < 4.78 is 6.29. The average molecular weight is 271 g/mol. The third kappa shape index (κ3) is 2.32. The Kier molecular flexibility index (Phi) is 3.59. The second-order valence-electron chi connectivity index (χ2n) is 3.76. The molecule has 0 radical (unpaired) electrons. The van der Waals surface area contributed by atoms with Crippen LogP contribution in [0.3, 0.4) is 0 Å². The number of hydrogen-bond donors (Lipinski definition) is 1. The van der Waals surface area contributed by atoms with Crippen molar-refractivity contribution in [3.8, 4) is 5.75 Å². The predicted octanol–water partition coefficient (Wildman–Crippen LogP) is 2.32. The highest BCUT2D eigenvalue weighted by atomic mass is 79.9. The molecule has 0 saturated carbocycles. The fourth-order valence-corrected chi connectivity index (χ4v) is 2.71. The van der Waals surface area contributed by atoms with Crippen LogP contribution in [0.4, 0.5) is 0 Å². The summed E-state index contributed by atoms with van der Waals surface area (Å²) in [5.41, 5.74) is 1.20. The molecule has 1 fully saturated rings. The van der Waals surface area contributed by atoms with Crippen molar-refractivity contribution in [1.82, 2.24) is 10.3 Å². The molecule has 1 N–H and O–H groups in total. The number of rotatable bonds is 2. The molecule has 4 heteroatoms. The Labute approximate surface area is 98.4 Å². The van der Waals surface area contributed by atoms with E-state index in [0.717, 1.165) is 23.4 Å². The van der Waals surface area contributed by atoms with E-state index in [0.29, 0.717) is 5.92 Å². The highest BCUT2D eigenvalue weighted by Gasteiger charge is 2.21. The van der Waals surface area contributed by atoms with Crippen LogP contribution in [0.1, 0.15) is 24.3 Å². The lowest BCUT2D eigenvalue weighted by Gasteiger charge is -2.25. The number of aromatic nitrogens is 1. The summed E-state index contributed by atoms with van der Waals surface area (Å²) in [5, 5.41) is 3.41. The first-order valence-corrected chi connectivity index (χ1v) is 6.01. The van der Waals surface area contributed by atoms with Gasteiger partial charge in [-0.3, -0.25) is 0 Å².